The van der Waals surface area contributed by atoms with Crippen molar-refractivity contribution in [2.45, 2.75) is 57.6 Å². The highest BCUT2D eigenvalue weighted by molar-refractivity contribution is 5.28. The third-order valence-corrected chi connectivity index (χ3v) is 3.80. The van der Waals surface area contributed by atoms with Crippen molar-refractivity contribution in [3.8, 4) is 0 Å². The van der Waals surface area contributed by atoms with E-state index in [1.807, 2.05) is 0 Å². The third-order valence-electron chi connectivity index (χ3n) is 3.80. The minimum atomic E-state index is -0.138. The summed E-state index contributed by atoms with van der Waals surface area (Å²) < 4.78 is 5.80. The van der Waals surface area contributed by atoms with E-state index in [0.717, 1.165) is 5.92 Å². The summed E-state index contributed by atoms with van der Waals surface area (Å²) in [6.45, 7) is 6.75. The normalized spacial score (nSPS) is 18.1. The molecule has 1 unspecified atom stereocenters. The fraction of sp³-hybridized carbons (Fsp3) is 0.625. The van der Waals surface area contributed by atoms with Gasteiger partial charge in [0.25, 0.3) is 0 Å². The summed E-state index contributed by atoms with van der Waals surface area (Å²) in [5.41, 5.74) is 5.35. The highest BCUT2D eigenvalue weighted by Gasteiger charge is 2.20. The Kier molecular flexibility index (Phi) is 4.61. The van der Waals surface area contributed by atoms with Crippen molar-refractivity contribution < 1.29 is 4.74 Å². The molecule has 1 saturated carbocycles. The fourth-order valence-corrected chi connectivity index (χ4v) is 2.32. The monoisotopic (exact) mass is 262 g/mol. The molecule has 0 saturated heterocycles. The molecule has 2 rings (SSSR count). The zero-order valence-corrected chi connectivity index (χ0v) is 12.3. The summed E-state index contributed by atoms with van der Waals surface area (Å²) in [4.78, 5) is 0. The number of ether oxygens (including phenoxy) is 1. The molecule has 0 aromatic heterocycles. The Morgan fingerprint density at radius 2 is 1.89 bits per heavy atom. The van der Waals surface area contributed by atoms with Crippen LogP contribution in [0.15, 0.2) is 24.3 Å². The molecule has 1 aromatic carbocycles. The molecule has 0 aliphatic heterocycles. The molecule has 106 valence electrons. The maximum absolute atomic E-state index is 5.80. The van der Waals surface area contributed by atoms with Crippen LogP contribution in [0.2, 0.25) is 0 Å². The Morgan fingerprint density at radius 3 is 2.32 bits per heavy atom. The lowest BCUT2D eigenvalue weighted by Crippen LogP contribution is -2.34. The fourth-order valence-electron chi connectivity index (χ4n) is 2.32. The molecule has 1 aliphatic carbocycles. The number of hydrogen-bond acceptors (Lipinski definition) is 3. The number of rotatable bonds is 5. The van der Waals surface area contributed by atoms with Gasteiger partial charge in [-0.05, 0) is 50.7 Å². The standard InChI is InChI=1S/C16H26N2O/c1-16(2,3)19-11-15(18-17)14-9-7-13(8-10-14)12-5-4-6-12/h7-10,12,15,18H,4-6,11,17H2,1-3H3. The average Bonchev–Trinajstić information content (AvgIpc) is 2.28. The van der Waals surface area contributed by atoms with E-state index >= 15 is 0 Å². The lowest BCUT2D eigenvalue weighted by Gasteiger charge is -2.27. The van der Waals surface area contributed by atoms with Gasteiger partial charge in [0.2, 0.25) is 0 Å². The van der Waals surface area contributed by atoms with Crippen molar-refractivity contribution in [2.24, 2.45) is 5.84 Å². The summed E-state index contributed by atoms with van der Waals surface area (Å²) in [7, 11) is 0. The summed E-state index contributed by atoms with van der Waals surface area (Å²) in [6, 6.07) is 8.87. The van der Waals surface area contributed by atoms with E-state index in [2.05, 4.69) is 50.5 Å². The van der Waals surface area contributed by atoms with E-state index in [0.29, 0.717) is 6.61 Å². The van der Waals surface area contributed by atoms with E-state index in [1.54, 1.807) is 0 Å². The van der Waals surface area contributed by atoms with Crippen LogP contribution in [0, 0.1) is 0 Å². The van der Waals surface area contributed by atoms with Gasteiger partial charge in [0.1, 0.15) is 0 Å². The van der Waals surface area contributed by atoms with Gasteiger partial charge in [0.15, 0.2) is 0 Å². The predicted molar refractivity (Wildman–Crippen MR) is 78.8 cm³/mol. The minimum absolute atomic E-state index is 0.0506. The van der Waals surface area contributed by atoms with Gasteiger partial charge in [-0.15, -0.1) is 0 Å². The van der Waals surface area contributed by atoms with Crippen molar-refractivity contribution >= 4 is 0 Å². The smallest absolute Gasteiger partial charge is 0.0694 e. The lowest BCUT2D eigenvalue weighted by atomic mass is 9.80. The molecule has 1 aliphatic rings. The zero-order valence-electron chi connectivity index (χ0n) is 12.3. The number of nitrogens with two attached hydrogens (primary N) is 1. The molecule has 0 bridgehead atoms. The summed E-state index contributed by atoms with van der Waals surface area (Å²) in [5, 5.41) is 0. The van der Waals surface area contributed by atoms with Gasteiger partial charge >= 0.3 is 0 Å². The molecule has 3 heteroatoms. The molecular weight excluding hydrogens is 236 g/mol. The number of hydrazine groups is 1. The highest BCUT2D eigenvalue weighted by Crippen LogP contribution is 2.36. The Hall–Kier alpha value is -0.900. The van der Waals surface area contributed by atoms with Crippen molar-refractivity contribution in [3.63, 3.8) is 0 Å². The lowest BCUT2D eigenvalue weighted by molar-refractivity contribution is -0.0148. The van der Waals surface area contributed by atoms with Crippen LogP contribution in [-0.2, 0) is 4.74 Å². The Labute approximate surface area is 116 Å². The van der Waals surface area contributed by atoms with Crippen LogP contribution in [0.4, 0.5) is 0 Å². The van der Waals surface area contributed by atoms with Gasteiger partial charge in [0, 0.05) is 0 Å². The van der Waals surface area contributed by atoms with Crippen LogP contribution in [-0.4, -0.2) is 12.2 Å². The first-order valence-electron chi connectivity index (χ1n) is 7.19. The van der Waals surface area contributed by atoms with Gasteiger partial charge < -0.3 is 4.74 Å². The van der Waals surface area contributed by atoms with E-state index in [4.69, 9.17) is 10.6 Å². The van der Waals surface area contributed by atoms with Crippen molar-refractivity contribution in [3.05, 3.63) is 35.4 Å². The maximum Gasteiger partial charge on any atom is 0.0694 e. The molecule has 1 aromatic rings. The molecule has 1 atom stereocenters. The molecule has 3 nitrogen and oxygen atoms in total. The quantitative estimate of drug-likeness (QED) is 0.632. The van der Waals surface area contributed by atoms with Gasteiger partial charge in [-0.3, -0.25) is 11.3 Å². The second-order valence-corrected chi connectivity index (χ2v) is 6.44. The second-order valence-electron chi connectivity index (χ2n) is 6.44. The van der Waals surface area contributed by atoms with Crippen LogP contribution in [0.1, 0.15) is 63.1 Å². The third kappa shape index (κ3) is 4.03. The van der Waals surface area contributed by atoms with E-state index in [1.165, 1.54) is 30.4 Å². The van der Waals surface area contributed by atoms with Crippen molar-refractivity contribution in [1.29, 1.82) is 0 Å². The van der Waals surface area contributed by atoms with Gasteiger partial charge in [-0.25, -0.2) is 0 Å². The molecule has 0 heterocycles. The van der Waals surface area contributed by atoms with E-state index in [-0.39, 0.29) is 11.6 Å². The first kappa shape index (κ1) is 14.5. The van der Waals surface area contributed by atoms with Gasteiger partial charge in [-0.2, -0.15) is 0 Å². The number of benzene rings is 1. The van der Waals surface area contributed by atoms with E-state index in [9.17, 15) is 0 Å². The zero-order chi connectivity index (χ0) is 13.9. The first-order chi connectivity index (χ1) is 8.99. The molecule has 0 amide bonds. The maximum atomic E-state index is 5.80. The van der Waals surface area contributed by atoms with Crippen LogP contribution in [0.5, 0.6) is 0 Å². The first-order valence-corrected chi connectivity index (χ1v) is 7.19. The average molecular weight is 262 g/mol. The van der Waals surface area contributed by atoms with Crippen LogP contribution in [0.25, 0.3) is 0 Å². The SMILES string of the molecule is CC(C)(C)OCC(NN)c1ccc(C2CCC2)cc1. The summed E-state index contributed by atoms with van der Waals surface area (Å²) >= 11 is 0. The molecule has 3 N–H and O–H groups in total. The minimum Gasteiger partial charge on any atom is -0.374 e. The Balaban J connectivity index is 1.97. The second kappa shape index (κ2) is 6.04. The van der Waals surface area contributed by atoms with Crippen molar-refractivity contribution in [1.82, 2.24) is 5.43 Å². The topological polar surface area (TPSA) is 47.3 Å². The summed E-state index contributed by atoms with van der Waals surface area (Å²) in [5.74, 6) is 6.42. The molecule has 0 radical (unpaired) electrons. The van der Waals surface area contributed by atoms with E-state index < -0.39 is 0 Å². The summed E-state index contributed by atoms with van der Waals surface area (Å²) in [6.07, 6.45) is 4.05. The Morgan fingerprint density at radius 1 is 1.26 bits per heavy atom. The van der Waals surface area contributed by atoms with Crippen LogP contribution < -0.4 is 11.3 Å². The predicted octanol–water partition coefficient (Wildman–Crippen LogP) is 3.27. The molecule has 19 heavy (non-hydrogen) atoms. The van der Waals surface area contributed by atoms with Crippen LogP contribution >= 0.6 is 0 Å². The van der Waals surface area contributed by atoms with Gasteiger partial charge in [-0.1, -0.05) is 30.7 Å². The van der Waals surface area contributed by atoms with Gasteiger partial charge in [0.05, 0.1) is 18.2 Å². The molecule has 0 spiro atoms. The van der Waals surface area contributed by atoms with Crippen molar-refractivity contribution in [2.75, 3.05) is 6.61 Å². The molecular formula is C16H26N2O. The highest BCUT2D eigenvalue weighted by atomic mass is 16.5. The van der Waals surface area contributed by atoms with Crippen LogP contribution in [0.3, 0.4) is 0 Å². The number of nitrogens with one attached hydrogen (secondary N) is 1. The molecule has 1 fully saturated rings. The Bertz CT molecular complexity index is 390. The largest absolute Gasteiger partial charge is 0.374 e. The number of hydrogen-bond donors (Lipinski definition) is 2.